The van der Waals surface area contributed by atoms with E-state index in [1.165, 1.54) is 18.2 Å². The molecular formula is C16H16F3NO2S. The van der Waals surface area contributed by atoms with Gasteiger partial charge in [-0.2, -0.15) is 13.2 Å². The molecule has 0 radical (unpaired) electrons. The van der Waals surface area contributed by atoms with Crippen molar-refractivity contribution in [2.45, 2.75) is 13.1 Å². The van der Waals surface area contributed by atoms with Crippen LogP contribution in [0.25, 0.3) is 6.08 Å². The molecule has 0 unspecified atom stereocenters. The Morgan fingerprint density at radius 3 is 2.30 bits per heavy atom. The molecule has 3 nitrogen and oxygen atoms in total. The molecule has 124 valence electrons. The number of anilines is 1. The summed E-state index contributed by atoms with van der Waals surface area (Å²) in [5.41, 5.74) is -0.0149. The quantitative estimate of drug-likeness (QED) is 0.877. The highest BCUT2D eigenvalue weighted by Crippen LogP contribution is 2.32. The Labute approximate surface area is 134 Å². The molecule has 0 aromatic heterocycles. The molecule has 0 fully saturated rings. The molecule has 7 heteroatoms. The highest BCUT2D eigenvalue weighted by Gasteiger charge is 2.32. The Morgan fingerprint density at radius 2 is 1.65 bits per heavy atom. The summed E-state index contributed by atoms with van der Waals surface area (Å²) in [5.74, 6) is 0. The van der Waals surface area contributed by atoms with Crippen LogP contribution in [0, 0.1) is 6.92 Å². The van der Waals surface area contributed by atoms with Crippen LogP contribution in [0.15, 0.2) is 53.9 Å². The van der Waals surface area contributed by atoms with Crippen molar-refractivity contribution in [1.82, 2.24) is 0 Å². The van der Waals surface area contributed by atoms with Gasteiger partial charge in [0.05, 0.1) is 16.7 Å². The molecule has 1 N–H and O–H groups in total. The minimum absolute atomic E-state index is 0. The van der Waals surface area contributed by atoms with E-state index in [-0.39, 0.29) is 6.99 Å². The zero-order valence-corrected chi connectivity index (χ0v) is 12.9. The molecule has 2 aromatic carbocycles. The van der Waals surface area contributed by atoms with Gasteiger partial charge in [-0.3, -0.25) is 4.72 Å². The largest absolute Gasteiger partial charge is 0.416 e. The Kier molecular flexibility index (Phi) is 4.79. The van der Waals surface area contributed by atoms with Crippen molar-refractivity contribution in [2.75, 3.05) is 4.72 Å². The lowest BCUT2D eigenvalue weighted by Crippen LogP contribution is -2.10. The summed E-state index contributed by atoms with van der Waals surface area (Å²) < 4.78 is 64.9. The predicted octanol–water partition coefficient (Wildman–Crippen LogP) is 4.67. The fraction of sp³-hybridized carbons (Fsp3) is 0.125. The molecule has 0 atom stereocenters. The van der Waals surface area contributed by atoms with Crippen LogP contribution in [0.4, 0.5) is 18.9 Å². The van der Waals surface area contributed by atoms with E-state index < -0.39 is 21.8 Å². The van der Waals surface area contributed by atoms with Gasteiger partial charge < -0.3 is 0 Å². The van der Waals surface area contributed by atoms with Crippen molar-refractivity contribution >= 4 is 21.8 Å². The summed E-state index contributed by atoms with van der Waals surface area (Å²) >= 11 is 0. The molecule has 0 bridgehead atoms. The first-order valence-corrected chi connectivity index (χ1v) is 8.16. The van der Waals surface area contributed by atoms with Crippen molar-refractivity contribution < 1.29 is 23.0 Å². The molecule has 0 heterocycles. The van der Waals surface area contributed by atoms with Gasteiger partial charge in [0.25, 0.3) is 10.0 Å². The molecular weight excluding hydrogens is 327 g/mol. The van der Waals surface area contributed by atoms with Crippen molar-refractivity contribution in [3.8, 4) is 0 Å². The standard InChI is InChI=1S/C16H14F3NO2S.H2/c1-12-6-2-5-9-15(12)20-23(21,22)11-10-13-7-3-4-8-14(13)16(17,18)19;/h2-11,20H,1H3;1H/b11-10+;. The molecule has 23 heavy (non-hydrogen) atoms. The monoisotopic (exact) mass is 343 g/mol. The summed E-state index contributed by atoms with van der Waals surface area (Å²) in [6, 6.07) is 11.5. The van der Waals surface area contributed by atoms with Crippen LogP contribution < -0.4 is 4.72 Å². The fourth-order valence-electron chi connectivity index (χ4n) is 1.94. The first-order chi connectivity index (χ1) is 10.7. The van der Waals surface area contributed by atoms with Crippen molar-refractivity contribution in [2.24, 2.45) is 0 Å². The maximum atomic E-state index is 12.9. The van der Waals surface area contributed by atoms with E-state index in [1.54, 1.807) is 31.2 Å². The van der Waals surface area contributed by atoms with Crippen molar-refractivity contribution in [3.05, 3.63) is 70.6 Å². The van der Waals surface area contributed by atoms with Gasteiger partial charge in [0, 0.05) is 1.43 Å². The Morgan fingerprint density at radius 1 is 1.04 bits per heavy atom. The lowest BCUT2D eigenvalue weighted by molar-refractivity contribution is -0.137. The second-order valence-corrected chi connectivity index (χ2v) is 6.42. The number of halogens is 3. The van der Waals surface area contributed by atoms with Gasteiger partial charge in [-0.1, -0.05) is 36.4 Å². The predicted molar refractivity (Wildman–Crippen MR) is 86.3 cm³/mol. The summed E-state index contributed by atoms with van der Waals surface area (Å²) in [6.07, 6.45) is -3.61. The molecule has 0 aliphatic heterocycles. The average Bonchev–Trinajstić information content (AvgIpc) is 2.47. The lowest BCUT2D eigenvalue weighted by Gasteiger charge is -2.10. The van der Waals surface area contributed by atoms with Crippen LogP contribution in [-0.2, 0) is 16.2 Å². The van der Waals surface area contributed by atoms with E-state index in [2.05, 4.69) is 4.72 Å². The average molecular weight is 343 g/mol. The number of nitrogens with one attached hydrogen (secondary N) is 1. The number of rotatable bonds is 4. The minimum Gasteiger partial charge on any atom is -0.280 e. The number of sulfonamides is 1. The Hall–Kier alpha value is -2.28. The zero-order chi connectivity index (χ0) is 17.1. The maximum Gasteiger partial charge on any atom is 0.416 e. The smallest absolute Gasteiger partial charge is 0.280 e. The number of alkyl halides is 3. The van der Waals surface area contributed by atoms with Crippen LogP contribution in [0.1, 0.15) is 18.1 Å². The zero-order valence-electron chi connectivity index (χ0n) is 12.1. The van der Waals surface area contributed by atoms with E-state index in [9.17, 15) is 21.6 Å². The first kappa shape index (κ1) is 17.1. The fourth-order valence-corrected chi connectivity index (χ4v) is 2.87. The normalized spacial score (nSPS) is 12.5. The molecule has 0 amide bonds. The third-order valence-electron chi connectivity index (χ3n) is 3.09. The van der Waals surface area contributed by atoms with Gasteiger partial charge in [0.2, 0.25) is 0 Å². The second kappa shape index (κ2) is 6.45. The number of hydrogen-bond acceptors (Lipinski definition) is 2. The number of aryl methyl sites for hydroxylation is 1. The lowest BCUT2D eigenvalue weighted by atomic mass is 10.1. The van der Waals surface area contributed by atoms with Crippen LogP contribution in [0.3, 0.4) is 0 Å². The number of para-hydroxylation sites is 1. The van der Waals surface area contributed by atoms with Gasteiger partial charge in [0.1, 0.15) is 0 Å². The highest BCUT2D eigenvalue weighted by atomic mass is 32.2. The minimum atomic E-state index is -4.55. The van der Waals surface area contributed by atoms with Gasteiger partial charge >= 0.3 is 6.18 Å². The van der Waals surface area contributed by atoms with E-state index in [0.29, 0.717) is 11.3 Å². The van der Waals surface area contributed by atoms with Crippen LogP contribution >= 0.6 is 0 Å². The molecule has 2 rings (SSSR count). The van der Waals surface area contributed by atoms with Crippen LogP contribution in [0.5, 0.6) is 0 Å². The van der Waals surface area contributed by atoms with Gasteiger partial charge in [-0.25, -0.2) is 8.42 Å². The van der Waals surface area contributed by atoms with Crippen molar-refractivity contribution in [1.29, 1.82) is 0 Å². The number of hydrogen-bond donors (Lipinski definition) is 1. The summed E-state index contributed by atoms with van der Waals surface area (Å²) in [6.45, 7) is 1.72. The van der Waals surface area contributed by atoms with Gasteiger partial charge in [-0.05, 0) is 36.3 Å². The third kappa shape index (κ3) is 4.59. The number of benzene rings is 2. The Bertz CT molecular complexity index is 833. The van der Waals surface area contributed by atoms with Crippen molar-refractivity contribution in [3.63, 3.8) is 0 Å². The highest BCUT2D eigenvalue weighted by molar-refractivity contribution is 7.95. The summed E-state index contributed by atoms with van der Waals surface area (Å²) in [7, 11) is -3.92. The van der Waals surface area contributed by atoms with E-state index in [1.807, 2.05) is 0 Å². The maximum absolute atomic E-state index is 12.9. The topological polar surface area (TPSA) is 46.2 Å². The SMILES string of the molecule is Cc1ccccc1NS(=O)(=O)/C=C/c1ccccc1C(F)(F)F.[HH]. The third-order valence-corrected chi connectivity index (χ3v) is 4.09. The summed E-state index contributed by atoms with van der Waals surface area (Å²) in [4.78, 5) is 0. The van der Waals surface area contributed by atoms with Gasteiger partial charge in [-0.15, -0.1) is 0 Å². The Balaban J connectivity index is 0.00000288. The molecule has 0 spiro atoms. The summed E-state index contributed by atoms with van der Waals surface area (Å²) in [5, 5.41) is 0.726. The first-order valence-electron chi connectivity index (χ1n) is 6.62. The molecule has 0 aliphatic rings. The van der Waals surface area contributed by atoms with E-state index >= 15 is 0 Å². The molecule has 0 saturated heterocycles. The second-order valence-electron chi connectivity index (χ2n) is 4.85. The molecule has 2 aromatic rings. The van der Waals surface area contributed by atoms with Gasteiger partial charge in [0.15, 0.2) is 0 Å². The van der Waals surface area contributed by atoms with E-state index in [0.717, 1.165) is 17.6 Å². The molecule has 0 aliphatic carbocycles. The van der Waals surface area contributed by atoms with E-state index in [4.69, 9.17) is 0 Å². The molecule has 0 saturated carbocycles. The van der Waals surface area contributed by atoms with Crippen LogP contribution in [-0.4, -0.2) is 8.42 Å². The van der Waals surface area contributed by atoms with Crippen LogP contribution in [0.2, 0.25) is 0 Å².